The van der Waals surface area contributed by atoms with Gasteiger partial charge in [-0.15, -0.1) is 0 Å². The number of thioether (sulfide) groups is 1. The smallest absolute Gasteiger partial charge is 0.251 e. The lowest BCUT2D eigenvalue weighted by Gasteiger charge is -2.14. The fourth-order valence-corrected chi connectivity index (χ4v) is 2.25. The first-order valence-corrected chi connectivity index (χ1v) is 6.94. The first-order chi connectivity index (χ1) is 8.04. The summed E-state index contributed by atoms with van der Waals surface area (Å²) >= 11 is 1.83. The first kappa shape index (κ1) is 13.9. The Morgan fingerprint density at radius 3 is 2.82 bits per heavy atom. The van der Waals surface area contributed by atoms with Crippen LogP contribution in [0.1, 0.15) is 29.8 Å². The maximum absolute atomic E-state index is 12.0. The molecule has 0 aliphatic heterocycles. The van der Waals surface area contributed by atoms with Crippen molar-refractivity contribution in [2.75, 3.05) is 17.2 Å². The van der Waals surface area contributed by atoms with E-state index in [-0.39, 0.29) is 11.9 Å². The van der Waals surface area contributed by atoms with Crippen LogP contribution in [-0.4, -0.2) is 23.5 Å². The average molecular weight is 252 g/mol. The van der Waals surface area contributed by atoms with Crippen molar-refractivity contribution in [3.63, 3.8) is 0 Å². The summed E-state index contributed by atoms with van der Waals surface area (Å²) in [6.07, 6.45) is 0. The van der Waals surface area contributed by atoms with Gasteiger partial charge in [-0.05, 0) is 43.4 Å². The number of carbonyl (C=O) groups is 1. The van der Waals surface area contributed by atoms with Crippen molar-refractivity contribution in [1.82, 2.24) is 5.32 Å². The zero-order valence-electron chi connectivity index (χ0n) is 10.6. The molecule has 0 aromatic heterocycles. The number of aryl methyl sites for hydroxylation is 1. The van der Waals surface area contributed by atoms with E-state index in [1.165, 1.54) is 0 Å². The summed E-state index contributed by atoms with van der Waals surface area (Å²) in [5, 5.41) is 2.99. The number of benzene rings is 1. The average Bonchev–Trinajstić information content (AvgIpc) is 2.26. The van der Waals surface area contributed by atoms with Crippen molar-refractivity contribution in [3.05, 3.63) is 29.3 Å². The van der Waals surface area contributed by atoms with Gasteiger partial charge in [-0.25, -0.2) is 0 Å². The second-order valence-electron chi connectivity index (χ2n) is 4.11. The Bertz CT molecular complexity index is 393. The van der Waals surface area contributed by atoms with Crippen molar-refractivity contribution < 1.29 is 4.79 Å². The molecule has 3 N–H and O–H groups in total. The lowest BCUT2D eigenvalue weighted by molar-refractivity contribution is 0.0943. The summed E-state index contributed by atoms with van der Waals surface area (Å²) in [6, 6.07) is 5.54. The van der Waals surface area contributed by atoms with Crippen LogP contribution in [0.15, 0.2) is 18.2 Å². The summed E-state index contributed by atoms with van der Waals surface area (Å²) in [6.45, 7) is 6.03. The largest absolute Gasteiger partial charge is 0.399 e. The Labute approximate surface area is 107 Å². The molecule has 0 aliphatic rings. The molecule has 17 heavy (non-hydrogen) atoms. The lowest BCUT2D eigenvalue weighted by atomic mass is 10.1. The molecule has 0 aliphatic carbocycles. The van der Waals surface area contributed by atoms with Crippen molar-refractivity contribution in [3.8, 4) is 0 Å². The molecule has 0 radical (unpaired) electrons. The minimum absolute atomic E-state index is 0.0216. The molecular formula is C13H20N2OS. The van der Waals surface area contributed by atoms with Gasteiger partial charge < -0.3 is 11.1 Å². The van der Waals surface area contributed by atoms with Crippen LogP contribution < -0.4 is 11.1 Å². The predicted molar refractivity (Wildman–Crippen MR) is 75.5 cm³/mol. The van der Waals surface area contributed by atoms with Gasteiger partial charge in [0.15, 0.2) is 0 Å². The number of anilines is 1. The van der Waals surface area contributed by atoms with Crippen LogP contribution in [0.25, 0.3) is 0 Å². The van der Waals surface area contributed by atoms with Gasteiger partial charge in [0.05, 0.1) is 0 Å². The molecule has 0 heterocycles. The Morgan fingerprint density at radius 1 is 1.53 bits per heavy atom. The normalized spacial score (nSPS) is 12.2. The second kappa shape index (κ2) is 6.55. The molecule has 4 heteroatoms. The van der Waals surface area contributed by atoms with Crippen molar-refractivity contribution in [1.29, 1.82) is 0 Å². The SMILES string of the molecule is CCSCC(C)NC(=O)c1ccc(N)cc1C. The van der Waals surface area contributed by atoms with Crippen LogP contribution in [0.4, 0.5) is 5.69 Å². The zero-order chi connectivity index (χ0) is 12.8. The molecule has 0 bridgehead atoms. The van der Waals surface area contributed by atoms with E-state index in [0.29, 0.717) is 11.3 Å². The quantitative estimate of drug-likeness (QED) is 0.791. The Kier molecular flexibility index (Phi) is 5.35. The summed E-state index contributed by atoms with van der Waals surface area (Å²) in [7, 11) is 0. The molecule has 3 nitrogen and oxygen atoms in total. The summed E-state index contributed by atoms with van der Waals surface area (Å²) in [4.78, 5) is 12.0. The molecule has 0 fully saturated rings. The van der Waals surface area contributed by atoms with Gasteiger partial charge in [-0.2, -0.15) is 11.8 Å². The van der Waals surface area contributed by atoms with Crippen LogP contribution in [0.5, 0.6) is 0 Å². The molecule has 94 valence electrons. The number of carbonyl (C=O) groups excluding carboxylic acids is 1. The van der Waals surface area contributed by atoms with E-state index in [1.54, 1.807) is 12.1 Å². The van der Waals surface area contributed by atoms with Gasteiger partial charge in [-0.1, -0.05) is 6.92 Å². The molecular weight excluding hydrogens is 232 g/mol. The van der Waals surface area contributed by atoms with E-state index in [4.69, 9.17) is 5.73 Å². The number of amides is 1. The van der Waals surface area contributed by atoms with E-state index in [0.717, 1.165) is 17.1 Å². The maximum atomic E-state index is 12.0. The van der Waals surface area contributed by atoms with Crippen LogP contribution in [0.2, 0.25) is 0 Å². The summed E-state index contributed by atoms with van der Waals surface area (Å²) in [5.74, 6) is 1.99. The number of hydrogen-bond donors (Lipinski definition) is 2. The molecule has 1 rings (SSSR count). The fourth-order valence-electron chi connectivity index (χ4n) is 1.58. The number of nitrogens with two attached hydrogens (primary N) is 1. The first-order valence-electron chi connectivity index (χ1n) is 5.79. The highest BCUT2D eigenvalue weighted by molar-refractivity contribution is 7.99. The Hall–Kier alpha value is -1.16. The molecule has 0 saturated heterocycles. The highest BCUT2D eigenvalue weighted by Gasteiger charge is 2.11. The van der Waals surface area contributed by atoms with Crippen molar-refractivity contribution in [2.45, 2.75) is 26.8 Å². The third kappa shape index (κ3) is 4.30. The van der Waals surface area contributed by atoms with E-state index < -0.39 is 0 Å². The van der Waals surface area contributed by atoms with Crippen LogP contribution in [-0.2, 0) is 0 Å². The minimum Gasteiger partial charge on any atom is -0.399 e. The monoisotopic (exact) mass is 252 g/mol. The molecule has 0 spiro atoms. The highest BCUT2D eigenvalue weighted by Crippen LogP contribution is 2.12. The highest BCUT2D eigenvalue weighted by atomic mass is 32.2. The summed E-state index contributed by atoms with van der Waals surface area (Å²) < 4.78 is 0. The van der Waals surface area contributed by atoms with Gasteiger partial charge in [0, 0.05) is 23.0 Å². The van der Waals surface area contributed by atoms with Crippen LogP contribution in [0, 0.1) is 6.92 Å². The molecule has 1 unspecified atom stereocenters. The minimum atomic E-state index is -0.0216. The second-order valence-corrected chi connectivity index (χ2v) is 5.43. The van der Waals surface area contributed by atoms with E-state index in [2.05, 4.69) is 12.2 Å². The maximum Gasteiger partial charge on any atom is 0.251 e. The predicted octanol–water partition coefficient (Wildman–Crippen LogP) is 2.45. The van der Waals surface area contributed by atoms with E-state index in [1.807, 2.05) is 31.7 Å². The van der Waals surface area contributed by atoms with Gasteiger partial charge in [-0.3, -0.25) is 4.79 Å². The lowest BCUT2D eigenvalue weighted by Crippen LogP contribution is -2.34. The van der Waals surface area contributed by atoms with E-state index >= 15 is 0 Å². The molecule has 1 atom stereocenters. The summed E-state index contributed by atoms with van der Waals surface area (Å²) in [5.41, 5.74) is 7.96. The third-order valence-corrected chi connectivity index (χ3v) is 3.59. The van der Waals surface area contributed by atoms with Crippen LogP contribution in [0.3, 0.4) is 0 Å². The topological polar surface area (TPSA) is 55.1 Å². The molecule has 0 saturated carbocycles. The molecule has 1 aromatic carbocycles. The Morgan fingerprint density at radius 2 is 2.24 bits per heavy atom. The number of nitrogens with one attached hydrogen (secondary N) is 1. The third-order valence-electron chi connectivity index (χ3n) is 2.44. The zero-order valence-corrected chi connectivity index (χ0v) is 11.4. The van der Waals surface area contributed by atoms with Gasteiger partial charge in [0.25, 0.3) is 5.91 Å². The number of nitrogen functional groups attached to an aromatic ring is 1. The standard InChI is InChI=1S/C13H20N2OS/c1-4-17-8-10(3)15-13(16)12-6-5-11(14)7-9(12)2/h5-7,10H,4,8,14H2,1-3H3,(H,15,16). The number of rotatable bonds is 5. The van der Waals surface area contributed by atoms with Gasteiger partial charge >= 0.3 is 0 Å². The van der Waals surface area contributed by atoms with Crippen molar-refractivity contribution >= 4 is 23.4 Å². The van der Waals surface area contributed by atoms with Crippen LogP contribution >= 0.6 is 11.8 Å². The van der Waals surface area contributed by atoms with E-state index in [9.17, 15) is 4.79 Å². The van der Waals surface area contributed by atoms with Crippen molar-refractivity contribution in [2.24, 2.45) is 0 Å². The fraction of sp³-hybridized carbons (Fsp3) is 0.462. The Balaban J connectivity index is 2.63. The molecule has 1 aromatic rings. The number of hydrogen-bond acceptors (Lipinski definition) is 3. The van der Waals surface area contributed by atoms with Gasteiger partial charge in [0.1, 0.15) is 0 Å². The van der Waals surface area contributed by atoms with Gasteiger partial charge in [0.2, 0.25) is 0 Å². The molecule has 1 amide bonds.